The summed E-state index contributed by atoms with van der Waals surface area (Å²) in [5.74, 6) is 0.0682. The van der Waals surface area contributed by atoms with Gasteiger partial charge in [0.15, 0.2) is 0 Å². The van der Waals surface area contributed by atoms with Gasteiger partial charge in [-0.2, -0.15) is 0 Å². The average molecular weight is 399 g/mol. The van der Waals surface area contributed by atoms with Gasteiger partial charge in [-0.1, -0.05) is 6.07 Å². The van der Waals surface area contributed by atoms with E-state index < -0.39 is 6.10 Å². The van der Waals surface area contributed by atoms with Gasteiger partial charge < -0.3 is 19.5 Å². The van der Waals surface area contributed by atoms with Crippen molar-refractivity contribution in [2.75, 3.05) is 20.3 Å². The molecule has 0 aliphatic carbocycles. The summed E-state index contributed by atoms with van der Waals surface area (Å²) in [6.45, 7) is 5.36. The van der Waals surface area contributed by atoms with Crippen molar-refractivity contribution in [3.63, 3.8) is 0 Å². The normalized spacial score (nSPS) is 21.4. The van der Waals surface area contributed by atoms with E-state index in [0.717, 1.165) is 22.3 Å². The summed E-state index contributed by atoms with van der Waals surface area (Å²) < 4.78 is 25.0. The van der Waals surface area contributed by atoms with Gasteiger partial charge in [0.25, 0.3) is 5.91 Å². The maximum absolute atomic E-state index is 14.5. The highest BCUT2D eigenvalue weighted by Gasteiger charge is 2.39. The average Bonchev–Trinajstić information content (AvgIpc) is 3.04. The molecule has 2 unspecified atom stereocenters. The Hall–Kier alpha value is -2.44. The Morgan fingerprint density at radius 3 is 2.72 bits per heavy atom. The topological polar surface area (TPSA) is 59.0 Å². The quantitative estimate of drug-likeness (QED) is 0.858. The number of aliphatic hydroxyl groups excluding tert-OH is 1. The molecule has 1 fully saturated rings. The number of aliphatic hydroxyl groups is 1. The zero-order valence-corrected chi connectivity index (χ0v) is 17.0. The first-order chi connectivity index (χ1) is 13.9. The van der Waals surface area contributed by atoms with E-state index in [4.69, 9.17) is 9.47 Å². The molecule has 0 bridgehead atoms. The summed E-state index contributed by atoms with van der Waals surface area (Å²) in [5, 5.41) is 10.3. The summed E-state index contributed by atoms with van der Waals surface area (Å²) in [6.07, 6.45) is 0.361. The van der Waals surface area contributed by atoms with Gasteiger partial charge in [0.1, 0.15) is 11.6 Å². The molecule has 4 rings (SSSR count). The molecule has 1 N–H and O–H groups in total. The number of fused-ring (bicyclic) bond motifs is 1. The molecule has 0 saturated carbocycles. The zero-order chi connectivity index (χ0) is 20.7. The molecule has 1 saturated heterocycles. The third-order valence-electron chi connectivity index (χ3n) is 6.29. The fraction of sp³-hybridized carbons (Fsp3) is 0.435. The fourth-order valence-electron chi connectivity index (χ4n) is 4.29. The molecule has 154 valence electrons. The molecular weight excluding hydrogens is 373 g/mol. The van der Waals surface area contributed by atoms with Gasteiger partial charge in [0.2, 0.25) is 0 Å². The molecule has 2 heterocycles. The van der Waals surface area contributed by atoms with Gasteiger partial charge in [-0.15, -0.1) is 0 Å². The SMILES string of the molecule is COc1ccc(Cc2cc3c(c(C)c2C)CN(C2COCCC2O)C3=O)c(F)c1. The predicted octanol–water partition coefficient (Wildman–Crippen LogP) is 3.15. The molecular formula is C23H26FNO4. The maximum atomic E-state index is 14.5. The van der Waals surface area contributed by atoms with Crippen molar-refractivity contribution in [3.8, 4) is 5.75 Å². The van der Waals surface area contributed by atoms with Gasteiger partial charge in [-0.25, -0.2) is 4.39 Å². The number of methoxy groups -OCH3 is 1. The van der Waals surface area contributed by atoms with Crippen LogP contribution in [0.3, 0.4) is 0 Å². The number of amides is 1. The second-order valence-corrected chi connectivity index (χ2v) is 7.88. The number of ether oxygens (including phenoxy) is 2. The molecule has 2 aliphatic rings. The second kappa shape index (κ2) is 7.76. The molecule has 0 spiro atoms. The lowest BCUT2D eigenvalue weighted by Gasteiger charge is -2.34. The standard InChI is InChI=1S/C23H26FNO4/c1-13-14(2)19-11-25(21-12-29-7-6-22(21)26)23(27)18(19)9-16(13)8-15-4-5-17(28-3)10-20(15)24/h4-5,9-10,21-22,26H,6-8,11-12H2,1-3H3. The van der Waals surface area contributed by atoms with E-state index in [1.807, 2.05) is 19.9 Å². The molecule has 2 aromatic rings. The molecule has 1 amide bonds. The summed E-state index contributed by atoms with van der Waals surface area (Å²) in [4.78, 5) is 14.8. The number of nitrogens with zero attached hydrogens (tertiary/aromatic N) is 1. The molecule has 2 atom stereocenters. The van der Waals surface area contributed by atoms with Crippen molar-refractivity contribution in [1.29, 1.82) is 0 Å². The van der Waals surface area contributed by atoms with Crippen molar-refractivity contribution >= 4 is 5.91 Å². The van der Waals surface area contributed by atoms with Gasteiger partial charge >= 0.3 is 0 Å². The minimum absolute atomic E-state index is 0.0888. The van der Waals surface area contributed by atoms with Crippen molar-refractivity contribution in [2.45, 2.75) is 45.4 Å². The van der Waals surface area contributed by atoms with Crippen LogP contribution in [-0.4, -0.2) is 48.4 Å². The van der Waals surface area contributed by atoms with Gasteiger partial charge in [0, 0.05) is 31.2 Å². The highest BCUT2D eigenvalue weighted by molar-refractivity contribution is 5.99. The van der Waals surface area contributed by atoms with E-state index in [1.165, 1.54) is 13.2 Å². The number of rotatable bonds is 4. The van der Waals surface area contributed by atoms with E-state index >= 15 is 0 Å². The van der Waals surface area contributed by atoms with E-state index in [2.05, 4.69) is 0 Å². The number of hydrogen-bond donors (Lipinski definition) is 1. The fourth-order valence-corrected chi connectivity index (χ4v) is 4.29. The third-order valence-corrected chi connectivity index (χ3v) is 6.29. The van der Waals surface area contributed by atoms with Crippen LogP contribution in [-0.2, 0) is 17.7 Å². The van der Waals surface area contributed by atoms with E-state index in [9.17, 15) is 14.3 Å². The van der Waals surface area contributed by atoms with Gasteiger partial charge in [-0.05, 0) is 60.2 Å². The lowest BCUT2D eigenvalue weighted by Crippen LogP contribution is -2.49. The third kappa shape index (κ3) is 3.51. The highest BCUT2D eigenvalue weighted by atomic mass is 19.1. The second-order valence-electron chi connectivity index (χ2n) is 7.88. The van der Waals surface area contributed by atoms with Crippen molar-refractivity contribution in [1.82, 2.24) is 4.90 Å². The Labute approximate surface area is 170 Å². The number of halogens is 1. The molecule has 5 nitrogen and oxygen atoms in total. The minimum Gasteiger partial charge on any atom is -0.497 e. The monoisotopic (exact) mass is 399 g/mol. The lowest BCUT2D eigenvalue weighted by atomic mass is 9.91. The van der Waals surface area contributed by atoms with Crippen molar-refractivity contribution < 1.29 is 23.8 Å². The molecule has 29 heavy (non-hydrogen) atoms. The first-order valence-corrected chi connectivity index (χ1v) is 9.91. The highest BCUT2D eigenvalue weighted by Crippen LogP contribution is 2.34. The van der Waals surface area contributed by atoms with Crippen LogP contribution in [0.5, 0.6) is 5.75 Å². The van der Waals surface area contributed by atoms with Crippen LogP contribution in [0.1, 0.15) is 44.6 Å². The Morgan fingerprint density at radius 2 is 2.03 bits per heavy atom. The van der Waals surface area contributed by atoms with E-state index in [-0.39, 0.29) is 17.8 Å². The molecule has 6 heteroatoms. The summed E-state index contributed by atoms with van der Waals surface area (Å²) in [6, 6.07) is 6.40. The molecule has 0 aromatic heterocycles. The Balaban J connectivity index is 1.66. The maximum Gasteiger partial charge on any atom is 0.254 e. The summed E-state index contributed by atoms with van der Waals surface area (Å²) >= 11 is 0. The van der Waals surface area contributed by atoms with Gasteiger partial charge in [0.05, 0.1) is 25.9 Å². The number of carbonyl (C=O) groups excluding carboxylic acids is 1. The largest absolute Gasteiger partial charge is 0.497 e. The van der Waals surface area contributed by atoms with Crippen LogP contribution in [0, 0.1) is 19.7 Å². The van der Waals surface area contributed by atoms with Crippen LogP contribution in [0.25, 0.3) is 0 Å². The van der Waals surface area contributed by atoms with E-state index in [0.29, 0.717) is 49.5 Å². The number of benzene rings is 2. The lowest BCUT2D eigenvalue weighted by molar-refractivity contribution is -0.0528. The van der Waals surface area contributed by atoms with Crippen LogP contribution in [0.15, 0.2) is 24.3 Å². The summed E-state index contributed by atoms with van der Waals surface area (Å²) in [7, 11) is 1.51. The van der Waals surface area contributed by atoms with Gasteiger partial charge in [-0.3, -0.25) is 4.79 Å². The van der Waals surface area contributed by atoms with Crippen LogP contribution in [0.4, 0.5) is 4.39 Å². The smallest absolute Gasteiger partial charge is 0.254 e. The minimum atomic E-state index is -0.573. The molecule has 2 aliphatic heterocycles. The first kappa shape index (κ1) is 19.9. The number of carbonyl (C=O) groups is 1. The molecule has 0 radical (unpaired) electrons. The van der Waals surface area contributed by atoms with Crippen LogP contribution >= 0.6 is 0 Å². The predicted molar refractivity (Wildman–Crippen MR) is 107 cm³/mol. The summed E-state index contributed by atoms with van der Waals surface area (Å²) in [5.41, 5.74) is 5.24. The van der Waals surface area contributed by atoms with Crippen molar-refractivity contribution in [2.24, 2.45) is 0 Å². The zero-order valence-electron chi connectivity index (χ0n) is 17.0. The van der Waals surface area contributed by atoms with Crippen LogP contribution in [0.2, 0.25) is 0 Å². The van der Waals surface area contributed by atoms with Crippen LogP contribution < -0.4 is 4.74 Å². The number of hydrogen-bond acceptors (Lipinski definition) is 4. The molecule has 2 aromatic carbocycles. The van der Waals surface area contributed by atoms with E-state index in [1.54, 1.807) is 17.0 Å². The Morgan fingerprint density at radius 1 is 1.24 bits per heavy atom. The van der Waals surface area contributed by atoms with Crippen molar-refractivity contribution in [3.05, 3.63) is 63.5 Å². The Bertz CT molecular complexity index is 958. The first-order valence-electron chi connectivity index (χ1n) is 9.91. The Kier molecular flexibility index (Phi) is 5.32.